The van der Waals surface area contributed by atoms with E-state index in [1.54, 1.807) is 17.5 Å². The van der Waals surface area contributed by atoms with Crippen molar-refractivity contribution in [3.05, 3.63) is 28.0 Å². The van der Waals surface area contributed by atoms with E-state index in [0.717, 1.165) is 49.6 Å². The molecule has 0 radical (unpaired) electrons. The van der Waals surface area contributed by atoms with Crippen LogP contribution in [0, 0.1) is 0 Å². The van der Waals surface area contributed by atoms with Crippen LogP contribution in [0.1, 0.15) is 54.9 Å². The summed E-state index contributed by atoms with van der Waals surface area (Å²) in [6, 6.07) is 0. The number of methoxy groups -OCH3 is 1. The molecule has 8 heteroatoms. The molecule has 1 saturated heterocycles. The van der Waals surface area contributed by atoms with Crippen LogP contribution in [0.25, 0.3) is 0 Å². The number of carbonyl (C=O) groups is 1. The van der Waals surface area contributed by atoms with E-state index in [-0.39, 0.29) is 12.5 Å². The molecule has 3 rings (SSSR count). The quantitative estimate of drug-likeness (QED) is 0.775. The van der Waals surface area contributed by atoms with E-state index in [1.807, 2.05) is 0 Å². The van der Waals surface area contributed by atoms with Gasteiger partial charge in [-0.1, -0.05) is 13.8 Å². The average molecular weight is 378 g/mol. The Morgan fingerprint density at radius 1 is 1.54 bits per heavy atom. The van der Waals surface area contributed by atoms with Crippen LogP contribution in [-0.4, -0.2) is 52.8 Å². The molecule has 0 aromatic carbocycles. The van der Waals surface area contributed by atoms with Crippen molar-refractivity contribution in [2.75, 3.05) is 32.1 Å². The fraction of sp³-hybridized carbons (Fsp3) is 0.611. The van der Waals surface area contributed by atoms with Gasteiger partial charge in [0.1, 0.15) is 6.61 Å². The molecule has 142 valence electrons. The molecule has 3 heterocycles. The molecule has 7 nitrogen and oxygen atoms in total. The van der Waals surface area contributed by atoms with Crippen LogP contribution in [0.2, 0.25) is 0 Å². The summed E-state index contributed by atoms with van der Waals surface area (Å²) < 4.78 is 4.88. The summed E-state index contributed by atoms with van der Waals surface area (Å²) >= 11 is 1.75. The van der Waals surface area contributed by atoms with Gasteiger partial charge in [-0.25, -0.2) is 4.98 Å². The Kier molecular flexibility index (Phi) is 6.39. The minimum atomic E-state index is -0.161. The average Bonchev–Trinajstić information content (AvgIpc) is 3.25. The van der Waals surface area contributed by atoms with Crippen LogP contribution >= 0.6 is 11.3 Å². The molecule has 0 bridgehead atoms. The number of anilines is 1. The molecule has 2 aromatic rings. The molecule has 1 aliphatic rings. The first-order chi connectivity index (χ1) is 12.6. The van der Waals surface area contributed by atoms with Crippen molar-refractivity contribution in [1.82, 2.24) is 20.1 Å². The highest BCUT2D eigenvalue weighted by molar-refractivity contribution is 7.09. The van der Waals surface area contributed by atoms with Crippen molar-refractivity contribution in [3.63, 3.8) is 0 Å². The maximum atomic E-state index is 11.8. The summed E-state index contributed by atoms with van der Waals surface area (Å²) in [6.07, 6.45) is 3.88. The molecular formula is C18H27N5O2S. The van der Waals surface area contributed by atoms with Crippen molar-refractivity contribution in [3.8, 4) is 0 Å². The SMILES string of the molecule is COCC(=O)Nc1cn[nH]c1[C@@H]1CCCN(Cc2csc(C(C)C)n2)C1. The zero-order valence-corrected chi connectivity index (χ0v) is 16.4. The Balaban J connectivity index is 1.63. The van der Waals surface area contributed by atoms with Crippen LogP contribution in [-0.2, 0) is 16.1 Å². The number of likely N-dealkylation sites (tertiary alicyclic amines) is 1. The second kappa shape index (κ2) is 8.75. The van der Waals surface area contributed by atoms with Crippen LogP contribution in [0.4, 0.5) is 5.69 Å². The monoisotopic (exact) mass is 377 g/mol. The Bertz CT molecular complexity index is 727. The van der Waals surface area contributed by atoms with Gasteiger partial charge in [0.2, 0.25) is 5.91 Å². The summed E-state index contributed by atoms with van der Waals surface area (Å²) in [4.78, 5) is 19.0. The molecule has 1 fully saturated rings. The lowest BCUT2D eigenvalue weighted by atomic mass is 9.94. The van der Waals surface area contributed by atoms with Gasteiger partial charge in [0, 0.05) is 37.4 Å². The highest BCUT2D eigenvalue weighted by Gasteiger charge is 2.26. The summed E-state index contributed by atoms with van der Waals surface area (Å²) in [5.41, 5.74) is 2.91. The topological polar surface area (TPSA) is 83.1 Å². The van der Waals surface area contributed by atoms with Gasteiger partial charge in [-0.3, -0.25) is 14.8 Å². The number of nitrogens with one attached hydrogen (secondary N) is 2. The molecule has 1 amide bonds. The normalized spacial score (nSPS) is 18.4. The Morgan fingerprint density at radius 2 is 2.38 bits per heavy atom. The lowest BCUT2D eigenvalue weighted by molar-refractivity contribution is -0.119. The van der Waals surface area contributed by atoms with Crippen molar-refractivity contribution < 1.29 is 9.53 Å². The minimum Gasteiger partial charge on any atom is -0.375 e. The molecule has 1 atom stereocenters. The van der Waals surface area contributed by atoms with Gasteiger partial charge in [-0.05, 0) is 19.4 Å². The zero-order chi connectivity index (χ0) is 18.5. The summed E-state index contributed by atoms with van der Waals surface area (Å²) in [6.45, 7) is 7.28. The Morgan fingerprint density at radius 3 is 3.12 bits per heavy atom. The highest BCUT2D eigenvalue weighted by Crippen LogP contribution is 2.31. The predicted molar refractivity (Wildman–Crippen MR) is 103 cm³/mol. The third-order valence-electron chi connectivity index (χ3n) is 4.58. The number of carbonyl (C=O) groups excluding carboxylic acids is 1. The van der Waals surface area contributed by atoms with Gasteiger partial charge < -0.3 is 10.1 Å². The predicted octanol–water partition coefficient (Wildman–Crippen LogP) is 2.95. The summed E-state index contributed by atoms with van der Waals surface area (Å²) in [5, 5.41) is 13.5. The largest absolute Gasteiger partial charge is 0.375 e. The number of H-pyrrole nitrogens is 1. The second-order valence-corrected chi connectivity index (χ2v) is 7.97. The first kappa shape index (κ1) is 19.0. The minimum absolute atomic E-state index is 0.0451. The fourth-order valence-electron chi connectivity index (χ4n) is 3.35. The lowest BCUT2D eigenvalue weighted by Crippen LogP contribution is -2.34. The van der Waals surface area contributed by atoms with E-state index in [2.05, 4.69) is 39.6 Å². The van der Waals surface area contributed by atoms with Crippen molar-refractivity contribution in [1.29, 1.82) is 0 Å². The zero-order valence-electron chi connectivity index (χ0n) is 15.6. The molecule has 0 unspecified atom stereocenters. The molecule has 26 heavy (non-hydrogen) atoms. The molecule has 0 spiro atoms. The van der Waals surface area contributed by atoms with Gasteiger partial charge in [0.15, 0.2) is 0 Å². The number of hydrogen-bond donors (Lipinski definition) is 2. The van der Waals surface area contributed by atoms with E-state index < -0.39 is 0 Å². The molecular weight excluding hydrogens is 350 g/mol. The smallest absolute Gasteiger partial charge is 0.250 e. The van der Waals surface area contributed by atoms with E-state index in [4.69, 9.17) is 9.72 Å². The van der Waals surface area contributed by atoms with Gasteiger partial charge in [-0.15, -0.1) is 11.3 Å². The lowest BCUT2D eigenvalue weighted by Gasteiger charge is -2.32. The number of thiazole rings is 1. The number of aromatic amines is 1. The number of nitrogens with zero attached hydrogens (tertiary/aromatic N) is 3. The van der Waals surface area contributed by atoms with Gasteiger partial charge in [0.25, 0.3) is 0 Å². The molecule has 1 aliphatic heterocycles. The summed E-state index contributed by atoms with van der Waals surface area (Å²) in [7, 11) is 1.51. The maximum Gasteiger partial charge on any atom is 0.250 e. The van der Waals surface area contributed by atoms with Crippen molar-refractivity contribution in [2.45, 2.75) is 45.1 Å². The van der Waals surface area contributed by atoms with E-state index >= 15 is 0 Å². The van der Waals surface area contributed by atoms with Crippen LogP contribution < -0.4 is 5.32 Å². The van der Waals surface area contributed by atoms with Gasteiger partial charge in [-0.2, -0.15) is 5.10 Å². The van der Waals surface area contributed by atoms with Crippen molar-refractivity contribution in [2.24, 2.45) is 0 Å². The number of aromatic nitrogens is 3. The molecule has 2 aromatic heterocycles. The number of piperidine rings is 1. The van der Waals surface area contributed by atoms with Crippen molar-refractivity contribution >= 4 is 22.9 Å². The number of ether oxygens (including phenoxy) is 1. The third-order valence-corrected chi connectivity index (χ3v) is 5.78. The third kappa shape index (κ3) is 4.69. The number of amides is 1. The van der Waals surface area contributed by atoms with Crippen LogP contribution in [0.3, 0.4) is 0 Å². The van der Waals surface area contributed by atoms with E-state index in [9.17, 15) is 4.79 Å². The second-order valence-electron chi connectivity index (χ2n) is 7.08. The molecule has 2 N–H and O–H groups in total. The highest BCUT2D eigenvalue weighted by atomic mass is 32.1. The van der Waals surface area contributed by atoms with Crippen LogP contribution in [0.5, 0.6) is 0 Å². The van der Waals surface area contributed by atoms with Crippen LogP contribution in [0.15, 0.2) is 11.6 Å². The first-order valence-corrected chi connectivity index (χ1v) is 9.93. The fourth-order valence-corrected chi connectivity index (χ4v) is 4.17. The van der Waals surface area contributed by atoms with Gasteiger partial charge >= 0.3 is 0 Å². The molecule has 0 aliphatic carbocycles. The standard InChI is InChI=1S/C18H27N5O2S/c1-12(2)18-20-14(11-26-18)9-23-6-4-5-13(8-23)17-15(7-19-22-17)21-16(24)10-25-3/h7,11-13H,4-6,8-10H2,1-3H3,(H,19,22)(H,21,24)/t13-/m1/s1. The van der Waals surface area contributed by atoms with Gasteiger partial charge in [0.05, 0.1) is 28.3 Å². The van der Waals surface area contributed by atoms with E-state index in [0.29, 0.717) is 11.8 Å². The summed E-state index contributed by atoms with van der Waals surface area (Å²) in [5.74, 6) is 0.643. The Labute approximate surface area is 158 Å². The molecule has 0 saturated carbocycles. The first-order valence-electron chi connectivity index (χ1n) is 9.05. The number of rotatable bonds is 7. The Hall–Kier alpha value is -1.77. The maximum absolute atomic E-state index is 11.8. The number of hydrogen-bond acceptors (Lipinski definition) is 6. The van der Waals surface area contributed by atoms with E-state index in [1.165, 1.54) is 12.1 Å².